The average Bonchev–Trinajstić information content (AvgIpc) is 2.57. The van der Waals surface area contributed by atoms with E-state index in [1.165, 1.54) is 6.20 Å². The Morgan fingerprint density at radius 2 is 2.14 bits per heavy atom. The number of hydrogen-bond acceptors (Lipinski definition) is 7. The van der Waals surface area contributed by atoms with Crippen molar-refractivity contribution in [1.82, 2.24) is 15.0 Å². The first-order valence-electron chi connectivity index (χ1n) is 6.52. The van der Waals surface area contributed by atoms with E-state index in [0.717, 1.165) is 5.56 Å². The molecule has 0 saturated carbocycles. The summed E-state index contributed by atoms with van der Waals surface area (Å²) in [6, 6.07) is 6.97. The van der Waals surface area contributed by atoms with Gasteiger partial charge < -0.3 is 10.1 Å². The van der Waals surface area contributed by atoms with E-state index < -0.39 is 5.97 Å². The zero-order chi connectivity index (χ0) is 15.8. The van der Waals surface area contributed by atoms with E-state index >= 15 is 0 Å². The number of pyridine rings is 1. The van der Waals surface area contributed by atoms with Gasteiger partial charge in [-0.15, -0.1) is 0 Å². The Morgan fingerprint density at radius 1 is 1.36 bits per heavy atom. The van der Waals surface area contributed by atoms with Crippen LogP contribution in [0.5, 0.6) is 0 Å². The second-order valence-corrected chi connectivity index (χ2v) is 4.04. The number of carbonyl (C=O) groups excluding carboxylic acids is 1. The summed E-state index contributed by atoms with van der Waals surface area (Å²) in [5, 5.41) is 11.7. The van der Waals surface area contributed by atoms with Gasteiger partial charge in [0.1, 0.15) is 11.9 Å². The molecular weight excluding hydrogens is 282 g/mol. The van der Waals surface area contributed by atoms with Gasteiger partial charge in [0, 0.05) is 30.4 Å². The maximum Gasteiger partial charge on any atom is 0.350 e. The van der Waals surface area contributed by atoms with Crippen molar-refractivity contribution in [2.45, 2.75) is 6.92 Å². The van der Waals surface area contributed by atoms with Gasteiger partial charge in [0.05, 0.1) is 6.61 Å². The Hall–Kier alpha value is -3.27. The smallest absolute Gasteiger partial charge is 0.350 e. The Balaban J connectivity index is 2.17. The van der Waals surface area contributed by atoms with Gasteiger partial charge in [-0.2, -0.15) is 5.26 Å². The molecule has 0 radical (unpaired) electrons. The maximum absolute atomic E-state index is 11.5. The third kappa shape index (κ3) is 3.86. The highest BCUT2D eigenvalue weighted by atomic mass is 16.5. The van der Waals surface area contributed by atoms with Crippen molar-refractivity contribution < 1.29 is 9.53 Å². The molecule has 7 heteroatoms. The van der Waals surface area contributed by atoms with Crippen molar-refractivity contribution in [3.63, 3.8) is 0 Å². The molecule has 2 aromatic rings. The van der Waals surface area contributed by atoms with Gasteiger partial charge in [-0.05, 0) is 25.1 Å². The van der Waals surface area contributed by atoms with Gasteiger partial charge in [0.25, 0.3) is 0 Å². The summed E-state index contributed by atoms with van der Waals surface area (Å²) >= 11 is 0. The minimum atomic E-state index is -0.680. The van der Waals surface area contributed by atoms with E-state index in [1.807, 2.05) is 0 Å². The van der Waals surface area contributed by atoms with Crippen molar-refractivity contribution in [2.75, 3.05) is 11.9 Å². The Kier molecular flexibility index (Phi) is 5.15. The molecule has 0 aliphatic heterocycles. The number of aromatic nitrogens is 3. The largest absolute Gasteiger partial charge is 0.462 e. The molecule has 0 aliphatic rings. The van der Waals surface area contributed by atoms with E-state index in [2.05, 4.69) is 20.3 Å². The molecule has 2 rings (SSSR count). The number of nitrogens with zero attached hydrogens (tertiary/aromatic N) is 4. The number of rotatable bonds is 5. The Bertz CT molecular complexity index is 722. The topological polar surface area (TPSA) is 101 Å². The summed E-state index contributed by atoms with van der Waals surface area (Å²) in [6.07, 6.45) is 6.13. The highest BCUT2D eigenvalue weighted by Gasteiger charge is 2.09. The lowest BCUT2D eigenvalue weighted by atomic mass is 10.2. The van der Waals surface area contributed by atoms with E-state index in [0.29, 0.717) is 11.6 Å². The molecule has 2 aromatic heterocycles. The molecule has 0 fully saturated rings. The lowest BCUT2D eigenvalue weighted by molar-refractivity contribution is -0.138. The minimum Gasteiger partial charge on any atom is -0.462 e. The number of nitriles is 1. The van der Waals surface area contributed by atoms with Gasteiger partial charge in [-0.25, -0.2) is 14.8 Å². The van der Waals surface area contributed by atoms with Crippen LogP contribution in [0, 0.1) is 11.3 Å². The number of anilines is 1. The number of carbonyl (C=O) groups is 1. The molecule has 0 amide bonds. The second-order valence-electron chi connectivity index (χ2n) is 4.04. The van der Waals surface area contributed by atoms with Crippen molar-refractivity contribution in [1.29, 1.82) is 5.26 Å². The summed E-state index contributed by atoms with van der Waals surface area (Å²) in [5.74, 6) is 0.287. The fraction of sp³-hybridized carbons (Fsp3) is 0.133. The molecule has 110 valence electrons. The van der Waals surface area contributed by atoms with Gasteiger partial charge >= 0.3 is 5.97 Å². The van der Waals surface area contributed by atoms with E-state index in [1.54, 1.807) is 49.8 Å². The SMILES string of the molecule is CCOC(=O)/C(C#N)=C\Nc1ccnc(-c2ccncc2)n1. The quantitative estimate of drug-likeness (QED) is 0.511. The maximum atomic E-state index is 11.5. The van der Waals surface area contributed by atoms with Crippen LogP contribution < -0.4 is 5.32 Å². The Labute approximate surface area is 127 Å². The van der Waals surface area contributed by atoms with Crippen molar-refractivity contribution >= 4 is 11.8 Å². The van der Waals surface area contributed by atoms with Crippen LogP contribution in [-0.2, 0) is 9.53 Å². The van der Waals surface area contributed by atoms with Gasteiger partial charge in [0.2, 0.25) is 0 Å². The van der Waals surface area contributed by atoms with E-state index in [-0.39, 0.29) is 12.2 Å². The van der Waals surface area contributed by atoms with Crippen molar-refractivity contribution in [2.24, 2.45) is 0 Å². The van der Waals surface area contributed by atoms with Crippen LogP contribution in [0.4, 0.5) is 5.82 Å². The summed E-state index contributed by atoms with van der Waals surface area (Å²) in [7, 11) is 0. The van der Waals surface area contributed by atoms with Crippen LogP contribution in [0.15, 0.2) is 48.6 Å². The van der Waals surface area contributed by atoms with E-state index in [9.17, 15) is 4.79 Å². The predicted octanol–water partition coefficient (Wildman–Crippen LogP) is 1.92. The molecule has 1 N–H and O–H groups in total. The molecule has 0 aliphatic carbocycles. The zero-order valence-corrected chi connectivity index (χ0v) is 11.9. The predicted molar refractivity (Wildman–Crippen MR) is 79.2 cm³/mol. The highest BCUT2D eigenvalue weighted by molar-refractivity contribution is 5.93. The van der Waals surface area contributed by atoms with Crippen LogP contribution in [0.25, 0.3) is 11.4 Å². The van der Waals surface area contributed by atoms with Gasteiger partial charge in [-0.3, -0.25) is 4.98 Å². The highest BCUT2D eigenvalue weighted by Crippen LogP contribution is 2.14. The number of hydrogen-bond donors (Lipinski definition) is 1. The van der Waals surface area contributed by atoms with Crippen LogP contribution >= 0.6 is 0 Å². The van der Waals surface area contributed by atoms with Crippen LogP contribution in [0.1, 0.15) is 6.92 Å². The minimum absolute atomic E-state index is 0.133. The van der Waals surface area contributed by atoms with Crippen molar-refractivity contribution in [3.8, 4) is 17.5 Å². The number of ether oxygens (including phenoxy) is 1. The average molecular weight is 295 g/mol. The molecule has 0 spiro atoms. The fourth-order valence-corrected chi connectivity index (χ4v) is 1.57. The van der Waals surface area contributed by atoms with Crippen LogP contribution in [0.3, 0.4) is 0 Å². The second kappa shape index (κ2) is 7.50. The fourth-order valence-electron chi connectivity index (χ4n) is 1.57. The molecule has 0 bridgehead atoms. The summed E-state index contributed by atoms with van der Waals surface area (Å²) < 4.78 is 4.77. The summed E-state index contributed by atoms with van der Waals surface area (Å²) in [5.41, 5.74) is 0.680. The molecule has 0 atom stereocenters. The monoisotopic (exact) mass is 295 g/mol. The Morgan fingerprint density at radius 3 is 2.82 bits per heavy atom. The first-order valence-corrected chi connectivity index (χ1v) is 6.52. The third-order valence-corrected chi connectivity index (χ3v) is 2.57. The summed E-state index contributed by atoms with van der Waals surface area (Å²) in [4.78, 5) is 23.9. The molecular formula is C15H13N5O2. The first-order chi connectivity index (χ1) is 10.7. The third-order valence-electron chi connectivity index (χ3n) is 2.57. The standard InChI is InChI=1S/C15H13N5O2/c1-2-22-15(21)12(9-16)10-19-13-5-8-18-14(20-13)11-3-6-17-7-4-11/h3-8,10H,2H2,1H3,(H,18,19,20)/b12-10-. The zero-order valence-electron chi connectivity index (χ0n) is 11.9. The van der Waals surface area contributed by atoms with Crippen molar-refractivity contribution in [3.05, 3.63) is 48.6 Å². The van der Waals surface area contributed by atoms with Crippen LogP contribution in [0.2, 0.25) is 0 Å². The first kappa shape index (κ1) is 15.1. The van der Waals surface area contributed by atoms with Crippen LogP contribution in [-0.4, -0.2) is 27.5 Å². The van der Waals surface area contributed by atoms with Gasteiger partial charge in [0.15, 0.2) is 11.4 Å². The normalized spacial score (nSPS) is 10.6. The molecule has 0 unspecified atom stereocenters. The number of esters is 1. The molecule has 0 aromatic carbocycles. The molecule has 7 nitrogen and oxygen atoms in total. The lowest BCUT2D eigenvalue weighted by Crippen LogP contribution is -2.08. The molecule has 22 heavy (non-hydrogen) atoms. The summed E-state index contributed by atoms with van der Waals surface area (Å²) in [6.45, 7) is 1.88. The number of nitrogens with one attached hydrogen (secondary N) is 1. The molecule has 2 heterocycles. The molecule has 0 saturated heterocycles. The lowest BCUT2D eigenvalue weighted by Gasteiger charge is -2.04. The van der Waals surface area contributed by atoms with E-state index in [4.69, 9.17) is 10.00 Å². The van der Waals surface area contributed by atoms with Gasteiger partial charge in [-0.1, -0.05) is 0 Å².